The Morgan fingerprint density at radius 1 is 1.56 bits per heavy atom. The molecule has 3 fully saturated rings. The van der Waals surface area contributed by atoms with Crippen LogP contribution in [0, 0.1) is 22.7 Å². The number of ether oxygens (including phenoxy) is 1. The summed E-state index contributed by atoms with van der Waals surface area (Å²) in [4.78, 5) is 11.9. The van der Waals surface area contributed by atoms with Gasteiger partial charge in [0, 0.05) is 28.3 Å². The SMILES string of the molecule is CC1CC2CC3(C1)CC3(OC(=O)N(C=N)NI)C2. The van der Waals surface area contributed by atoms with Crippen molar-refractivity contribution in [1.82, 2.24) is 8.65 Å². The molecule has 3 aliphatic rings. The maximum atomic E-state index is 11.9. The van der Waals surface area contributed by atoms with Crippen molar-refractivity contribution in [3.63, 3.8) is 0 Å². The van der Waals surface area contributed by atoms with Crippen LogP contribution in [0.15, 0.2) is 0 Å². The third-order valence-electron chi connectivity index (χ3n) is 4.94. The molecule has 18 heavy (non-hydrogen) atoms. The second-order valence-corrected chi connectivity index (χ2v) is 6.70. The number of fused-ring (bicyclic) bond motifs is 1. The van der Waals surface area contributed by atoms with E-state index in [0.29, 0.717) is 0 Å². The summed E-state index contributed by atoms with van der Waals surface area (Å²) in [6.07, 6.45) is 6.25. The fourth-order valence-corrected chi connectivity index (χ4v) is 4.82. The number of hydrogen-bond donors (Lipinski definition) is 2. The minimum Gasteiger partial charge on any atom is -0.441 e. The van der Waals surface area contributed by atoms with Gasteiger partial charge in [0.15, 0.2) is 0 Å². The zero-order chi connectivity index (χ0) is 13.0. The zero-order valence-corrected chi connectivity index (χ0v) is 12.6. The molecule has 0 aromatic rings. The van der Waals surface area contributed by atoms with Crippen molar-refractivity contribution in [2.45, 2.75) is 44.6 Å². The van der Waals surface area contributed by atoms with E-state index in [1.54, 1.807) is 0 Å². The van der Waals surface area contributed by atoms with Gasteiger partial charge in [0.05, 0.1) is 0 Å². The van der Waals surface area contributed by atoms with Crippen LogP contribution in [-0.4, -0.2) is 23.0 Å². The number of nitrogens with zero attached hydrogens (tertiary/aromatic N) is 1. The van der Waals surface area contributed by atoms with E-state index in [-0.39, 0.29) is 11.0 Å². The van der Waals surface area contributed by atoms with Gasteiger partial charge in [-0.3, -0.25) is 5.41 Å². The maximum Gasteiger partial charge on any atom is 0.431 e. The summed E-state index contributed by atoms with van der Waals surface area (Å²) in [5.74, 6) is 1.49. The van der Waals surface area contributed by atoms with E-state index >= 15 is 0 Å². The third kappa shape index (κ3) is 1.68. The van der Waals surface area contributed by atoms with Crippen LogP contribution in [0.5, 0.6) is 0 Å². The number of halogens is 1. The standard InChI is InChI=1S/C12H18IN3O2/c1-8-2-9-4-11(3-8)6-12(11,5-9)18-10(17)16(7-14)15-13/h7-9,14-15H,2-6H2,1H3. The molecule has 6 heteroatoms. The first kappa shape index (κ1) is 12.7. The van der Waals surface area contributed by atoms with Crippen LogP contribution < -0.4 is 3.64 Å². The zero-order valence-electron chi connectivity index (χ0n) is 10.4. The Kier molecular flexibility index (Phi) is 2.85. The molecule has 5 nitrogen and oxygen atoms in total. The average Bonchev–Trinajstić information content (AvgIpc) is 2.75. The van der Waals surface area contributed by atoms with Gasteiger partial charge < -0.3 is 4.74 Å². The van der Waals surface area contributed by atoms with E-state index < -0.39 is 6.09 Å². The summed E-state index contributed by atoms with van der Waals surface area (Å²) in [5, 5.41) is 8.23. The highest BCUT2D eigenvalue weighted by molar-refractivity contribution is 14.1. The molecule has 3 saturated carbocycles. The molecule has 0 heterocycles. The molecular formula is C12H18IN3O2. The number of carbonyl (C=O) groups excluding carboxylic acids is 1. The van der Waals surface area contributed by atoms with Crippen molar-refractivity contribution >= 4 is 35.3 Å². The van der Waals surface area contributed by atoms with Gasteiger partial charge in [0.25, 0.3) is 0 Å². The summed E-state index contributed by atoms with van der Waals surface area (Å²) in [7, 11) is 0. The number of nitrogens with one attached hydrogen (secondary N) is 2. The highest BCUT2D eigenvalue weighted by atomic mass is 127. The first-order valence-corrected chi connectivity index (χ1v) is 7.51. The van der Waals surface area contributed by atoms with Gasteiger partial charge in [-0.15, -0.1) is 0 Å². The molecule has 0 saturated heterocycles. The molecule has 0 radical (unpaired) electrons. The van der Waals surface area contributed by atoms with Crippen molar-refractivity contribution < 1.29 is 9.53 Å². The summed E-state index contributed by atoms with van der Waals surface area (Å²) >= 11 is 1.83. The van der Waals surface area contributed by atoms with E-state index in [2.05, 4.69) is 10.6 Å². The van der Waals surface area contributed by atoms with Crippen LogP contribution in [0.2, 0.25) is 0 Å². The molecule has 0 aliphatic heterocycles. The quantitative estimate of drug-likeness (QED) is 0.266. The summed E-state index contributed by atoms with van der Waals surface area (Å²) in [6.45, 7) is 2.31. The lowest BCUT2D eigenvalue weighted by molar-refractivity contribution is 0.0448. The largest absolute Gasteiger partial charge is 0.441 e. The number of amides is 1. The van der Waals surface area contributed by atoms with Crippen LogP contribution in [0.3, 0.4) is 0 Å². The minimum atomic E-state index is -0.448. The van der Waals surface area contributed by atoms with Gasteiger partial charge in [-0.05, 0) is 43.9 Å². The highest BCUT2D eigenvalue weighted by Gasteiger charge is 2.76. The molecule has 1 spiro atoms. The molecule has 2 N–H and O–H groups in total. The Morgan fingerprint density at radius 2 is 2.33 bits per heavy atom. The number of hydrogen-bond acceptors (Lipinski definition) is 4. The Labute approximate surface area is 121 Å². The molecule has 2 bridgehead atoms. The molecule has 4 unspecified atom stereocenters. The highest BCUT2D eigenvalue weighted by Crippen LogP contribution is 2.76. The average molecular weight is 363 g/mol. The Morgan fingerprint density at radius 3 is 3.00 bits per heavy atom. The molecule has 4 atom stereocenters. The molecular weight excluding hydrogens is 345 g/mol. The van der Waals surface area contributed by atoms with Crippen molar-refractivity contribution in [3.8, 4) is 0 Å². The lowest BCUT2D eigenvalue weighted by Crippen LogP contribution is -2.39. The van der Waals surface area contributed by atoms with Crippen LogP contribution in [-0.2, 0) is 4.74 Å². The van der Waals surface area contributed by atoms with Crippen LogP contribution >= 0.6 is 22.9 Å². The molecule has 3 rings (SSSR count). The first-order chi connectivity index (χ1) is 8.54. The van der Waals surface area contributed by atoms with E-state index in [9.17, 15) is 4.79 Å². The van der Waals surface area contributed by atoms with Crippen molar-refractivity contribution in [2.75, 3.05) is 0 Å². The van der Waals surface area contributed by atoms with E-state index in [1.807, 2.05) is 22.9 Å². The number of rotatable bonds is 3. The van der Waals surface area contributed by atoms with Gasteiger partial charge in [-0.1, -0.05) is 6.92 Å². The smallest absolute Gasteiger partial charge is 0.431 e. The molecule has 1 amide bonds. The molecule has 3 aliphatic carbocycles. The van der Waals surface area contributed by atoms with Gasteiger partial charge in [0.2, 0.25) is 0 Å². The Hall–Kier alpha value is -0.370. The number of hydrazine groups is 1. The van der Waals surface area contributed by atoms with Crippen molar-refractivity contribution in [1.29, 1.82) is 5.41 Å². The normalized spacial score (nSPS) is 44.1. The fraction of sp³-hybridized carbons (Fsp3) is 0.833. The third-order valence-corrected chi connectivity index (χ3v) is 5.46. The molecule has 0 aromatic carbocycles. The fourth-order valence-electron chi connectivity index (χ4n) is 4.48. The van der Waals surface area contributed by atoms with Crippen molar-refractivity contribution in [2.24, 2.45) is 17.3 Å². The predicted molar refractivity (Wildman–Crippen MR) is 75.2 cm³/mol. The predicted octanol–water partition coefficient (Wildman–Crippen LogP) is 2.86. The van der Waals surface area contributed by atoms with Gasteiger partial charge in [0.1, 0.15) is 11.9 Å². The topological polar surface area (TPSA) is 65.4 Å². The monoisotopic (exact) mass is 363 g/mol. The van der Waals surface area contributed by atoms with Crippen molar-refractivity contribution in [3.05, 3.63) is 0 Å². The second kappa shape index (κ2) is 4.06. The first-order valence-electron chi connectivity index (χ1n) is 6.43. The van der Waals surface area contributed by atoms with E-state index in [1.165, 1.54) is 19.3 Å². The van der Waals surface area contributed by atoms with Crippen LogP contribution in [0.4, 0.5) is 4.79 Å². The summed E-state index contributed by atoms with van der Waals surface area (Å²) < 4.78 is 8.35. The maximum absolute atomic E-state index is 11.9. The van der Waals surface area contributed by atoms with E-state index in [4.69, 9.17) is 10.1 Å². The van der Waals surface area contributed by atoms with Gasteiger partial charge in [-0.2, -0.15) is 8.65 Å². The minimum absolute atomic E-state index is 0.214. The second-order valence-electron chi connectivity index (χ2n) is 6.22. The lowest BCUT2D eigenvalue weighted by atomic mass is 9.77. The Bertz CT molecular complexity index is 405. The van der Waals surface area contributed by atoms with Gasteiger partial charge >= 0.3 is 6.09 Å². The van der Waals surface area contributed by atoms with Gasteiger partial charge in [-0.25, -0.2) is 4.79 Å². The lowest BCUT2D eigenvalue weighted by Gasteiger charge is -2.27. The summed E-state index contributed by atoms with van der Waals surface area (Å²) in [5.41, 5.74) is 0.0538. The molecule has 0 aromatic heterocycles. The van der Waals surface area contributed by atoms with Crippen LogP contribution in [0.25, 0.3) is 0 Å². The van der Waals surface area contributed by atoms with Crippen LogP contribution in [0.1, 0.15) is 39.0 Å². The molecule has 100 valence electrons. The summed E-state index contributed by atoms with van der Waals surface area (Å²) in [6, 6.07) is 0. The Balaban J connectivity index is 1.72. The van der Waals surface area contributed by atoms with E-state index in [0.717, 1.165) is 36.0 Å². The number of carbonyl (C=O) groups is 1.